The second-order valence-electron chi connectivity index (χ2n) is 5.17. The predicted molar refractivity (Wildman–Crippen MR) is 77.0 cm³/mol. The quantitative estimate of drug-likeness (QED) is 0.874. The van der Waals surface area contributed by atoms with E-state index in [0.717, 1.165) is 29.8 Å². The van der Waals surface area contributed by atoms with Crippen LogP contribution in [0.25, 0.3) is 0 Å². The van der Waals surface area contributed by atoms with E-state index in [-0.39, 0.29) is 11.4 Å². The zero-order valence-corrected chi connectivity index (χ0v) is 12.3. The first-order chi connectivity index (χ1) is 8.42. The van der Waals surface area contributed by atoms with Crippen LogP contribution in [0, 0.1) is 0 Å². The first-order valence-corrected chi connectivity index (χ1v) is 6.79. The molecule has 1 saturated heterocycles. The Balaban J connectivity index is 2.48. The summed E-state index contributed by atoms with van der Waals surface area (Å²) in [5.41, 5.74) is 6.91. The standard InChI is InChI=1S/C13H18BrN3O/c1-13(2)8-16-5-6-17(13)11-7-9(14)3-4-10(11)12(15)18/h3-4,7,16H,5-6,8H2,1-2H3,(H2,15,18). The van der Waals surface area contributed by atoms with Crippen LogP contribution >= 0.6 is 15.9 Å². The lowest BCUT2D eigenvalue weighted by Crippen LogP contribution is -2.58. The molecule has 0 spiro atoms. The summed E-state index contributed by atoms with van der Waals surface area (Å²) >= 11 is 3.46. The lowest BCUT2D eigenvalue weighted by Gasteiger charge is -2.45. The zero-order chi connectivity index (χ0) is 13.3. The highest BCUT2D eigenvalue weighted by Crippen LogP contribution is 2.31. The summed E-state index contributed by atoms with van der Waals surface area (Å²) in [6.45, 7) is 6.98. The van der Waals surface area contributed by atoms with Gasteiger partial charge in [0.1, 0.15) is 0 Å². The number of hydrogen-bond acceptors (Lipinski definition) is 3. The molecule has 1 aromatic carbocycles. The van der Waals surface area contributed by atoms with Crippen LogP contribution in [-0.2, 0) is 0 Å². The van der Waals surface area contributed by atoms with Crippen LogP contribution in [-0.4, -0.2) is 31.1 Å². The van der Waals surface area contributed by atoms with Crippen LogP contribution < -0.4 is 16.0 Å². The molecule has 0 atom stereocenters. The molecule has 5 heteroatoms. The maximum atomic E-state index is 11.6. The van der Waals surface area contributed by atoms with Gasteiger partial charge in [-0.15, -0.1) is 0 Å². The number of nitrogens with two attached hydrogens (primary N) is 1. The summed E-state index contributed by atoms with van der Waals surface area (Å²) in [7, 11) is 0. The van der Waals surface area contributed by atoms with E-state index in [1.54, 1.807) is 6.07 Å². The minimum atomic E-state index is -0.383. The lowest BCUT2D eigenvalue weighted by molar-refractivity contribution is 0.100. The van der Waals surface area contributed by atoms with Gasteiger partial charge in [0, 0.05) is 29.6 Å². The third-order valence-corrected chi connectivity index (χ3v) is 3.81. The Hall–Kier alpha value is -1.07. The third-order valence-electron chi connectivity index (χ3n) is 3.32. The molecule has 0 unspecified atom stereocenters. The number of rotatable bonds is 2. The van der Waals surface area contributed by atoms with Gasteiger partial charge in [0.2, 0.25) is 0 Å². The van der Waals surface area contributed by atoms with E-state index in [4.69, 9.17) is 5.73 Å². The van der Waals surface area contributed by atoms with Gasteiger partial charge in [-0.05, 0) is 32.0 Å². The molecular formula is C13H18BrN3O. The van der Waals surface area contributed by atoms with Crippen LogP contribution in [0.4, 0.5) is 5.69 Å². The molecule has 0 aromatic heterocycles. The fraction of sp³-hybridized carbons (Fsp3) is 0.462. The molecule has 0 radical (unpaired) electrons. The number of carbonyl (C=O) groups is 1. The maximum absolute atomic E-state index is 11.6. The van der Waals surface area contributed by atoms with Gasteiger partial charge in [0.25, 0.3) is 5.91 Å². The first kappa shape index (κ1) is 13.4. The molecule has 1 fully saturated rings. The topological polar surface area (TPSA) is 58.4 Å². The van der Waals surface area contributed by atoms with Crippen LogP contribution in [0.1, 0.15) is 24.2 Å². The summed E-state index contributed by atoms with van der Waals surface area (Å²) < 4.78 is 0.955. The average molecular weight is 312 g/mol. The van der Waals surface area contributed by atoms with Crippen molar-refractivity contribution in [2.75, 3.05) is 24.5 Å². The van der Waals surface area contributed by atoms with Crippen molar-refractivity contribution >= 4 is 27.5 Å². The minimum Gasteiger partial charge on any atom is -0.366 e. The van der Waals surface area contributed by atoms with Gasteiger partial charge in [-0.2, -0.15) is 0 Å². The van der Waals surface area contributed by atoms with E-state index in [9.17, 15) is 4.79 Å². The summed E-state index contributed by atoms with van der Waals surface area (Å²) in [4.78, 5) is 13.8. The molecule has 1 aliphatic heterocycles. The smallest absolute Gasteiger partial charge is 0.250 e. The molecule has 98 valence electrons. The molecule has 2 rings (SSSR count). The SMILES string of the molecule is CC1(C)CNCCN1c1cc(Br)ccc1C(N)=O. The van der Waals surface area contributed by atoms with E-state index >= 15 is 0 Å². The third kappa shape index (κ3) is 2.52. The van der Waals surface area contributed by atoms with E-state index < -0.39 is 0 Å². The van der Waals surface area contributed by atoms with Gasteiger partial charge in [0.05, 0.1) is 11.3 Å². The highest BCUT2D eigenvalue weighted by molar-refractivity contribution is 9.10. The molecule has 1 heterocycles. The summed E-state index contributed by atoms with van der Waals surface area (Å²) in [5, 5.41) is 3.37. The molecule has 18 heavy (non-hydrogen) atoms. The number of nitrogens with one attached hydrogen (secondary N) is 1. The van der Waals surface area contributed by atoms with Crippen molar-refractivity contribution in [3.63, 3.8) is 0 Å². The van der Waals surface area contributed by atoms with Gasteiger partial charge in [0.15, 0.2) is 0 Å². The summed E-state index contributed by atoms with van der Waals surface area (Å²) in [6.07, 6.45) is 0. The predicted octanol–water partition coefficient (Wildman–Crippen LogP) is 1.74. The molecule has 0 bridgehead atoms. The molecule has 4 nitrogen and oxygen atoms in total. The van der Waals surface area contributed by atoms with Gasteiger partial charge < -0.3 is 16.0 Å². The van der Waals surface area contributed by atoms with Crippen LogP contribution in [0.3, 0.4) is 0 Å². The van der Waals surface area contributed by atoms with E-state index in [2.05, 4.69) is 40.0 Å². The Kier molecular flexibility index (Phi) is 3.64. The number of benzene rings is 1. The summed E-state index contributed by atoms with van der Waals surface area (Å²) in [5.74, 6) is -0.383. The number of piperazine rings is 1. The Morgan fingerprint density at radius 1 is 1.50 bits per heavy atom. The van der Waals surface area contributed by atoms with Crippen LogP contribution in [0.15, 0.2) is 22.7 Å². The van der Waals surface area contributed by atoms with Gasteiger partial charge in [-0.1, -0.05) is 15.9 Å². The number of anilines is 1. The molecular weight excluding hydrogens is 294 g/mol. The largest absolute Gasteiger partial charge is 0.366 e. The number of carbonyl (C=O) groups excluding carboxylic acids is 1. The van der Waals surface area contributed by atoms with Crippen molar-refractivity contribution in [3.8, 4) is 0 Å². The van der Waals surface area contributed by atoms with Gasteiger partial charge in [-0.3, -0.25) is 4.79 Å². The zero-order valence-electron chi connectivity index (χ0n) is 10.7. The minimum absolute atomic E-state index is 0.0384. The van der Waals surface area contributed by atoms with Gasteiger partial charge >= 0.3 is 0 Å². The monoisotopic (exact) mass is 311 g/mol. The van der Waals surface area contributed by atoms with Crippen molar-refractivity contribution in [1.82, 2.24) is 5.32 Å². The maximum Gasteiger partial charge on any atom is 0.250 e. The van der Waals surface area contributed by atoms with Crippen molar-refractivity contribution in [1.29, 1.82) is 0 Å². The molecule has 0 aliphatic carbocycles. The van der Waals surface area contributed by atoms with E-state index in [1.807, 2.05) is 12.1 Å². The fourth-order valence-corrected chi connectivity index (χ4v) is 2.72. The number of amides is 1. The number of hydrogen-bond donors (Lipinski definition) is 2. The lowest BCUT2D eigenvalue weighted by atomic mass is 9.97. The normalized spacial score (nSPS) is 18.7. The highest BCUT2D eigenvalue weighted by Gasteiger charge is 2.31. The van der Waals surface area contributed by atoms with Crippen LogP contribution in [0.5, 0.6) is 0 Å². The number of halogens is 1. The second-order valence-corrected chi connectivity index (χ2v) is 6.08. The Morgan fingerprint density at radius 2 is 2.22 bits per heavy atom. The highest BCUT2D eigenvalue weighted by atomic mass is 79.9. The number of primary amides is 1. The Morgan fingerprint density at radius 3 is 2.83 bits per heavy atom. The number of nitrogens with zero attached hydrogens (tertiary/aromatic N) is 1. The summed E-state index contributed by atoms with van der Waals surface area (Å²) in [6, 6.07) is 5.59. The van der Waals surface area contributed by atoms with Crippen molar-refractivity contribution in [2.45, 2.75) is 19.4 Å². The second kappa shape index (κ2) is 4.90. The molecule has 1 aliphatic rings. The Labute approximate surface area is 116 Å². The van der Waals surface area contributed by atoms with Crippen molar-refractivity contribution in [2.24, 2.45) is 5.73 Å². The molecule has 1 aromatic rings. The van der Waals surface area contributed by atoms with Crippen molar-refractivity contribution < 1.29 is 4.79 Å². The molecule has 1 amide bonds. The average Bonchev–Trinajstić information content (AvgIpc) is 2.27. The first-order valence-electron chi connectivity index (χ1n) is 5.99. The van der Waals surface area contributed by atoms with E-state index in [1.165, 1.54) is 0 Å². The van der Waals surface area contributed by atoms with Crippen molar-refractivity contribution in [3.05, 3.63) is 28.2 Å². The molecule has 3 N–H and O–H groups in total. The van der Waals surface area contributed by atoms with E-state index in [0.29, 0.717) is 5.56 Å². The fourth-order valence-electron chi connectivity index (χ4n) is 2.37. The van der Waals surface area contributed by atoms with Gasteiger partial charge in [-0.25, -0.2) is 0 Å². The Bertz CT molecular complexity index is 473. The molecule has 0 saturated carbocycles. The van der Waals surface area contributed by atoms with Crippen LogP contribution in [0.2, 0.25) is 0 Å².